The lowest BCUT2D eigenvalue weighted by atomic mass is 10.3. The van der Waals surface area contributed by atoms with Crippen LogP contribution in [0.3, 0.4) is 0 Å². The summed E-state index contributed by atoms with van der Waals surface area (Å²) in [7, 11) is 0. The number of hydrogen-bond donors (Lipinski definition) is 2. The van der Waals surface area contributed by atoms with Crippen LogP contribution in [0.4, 0.5) is 0 Å². The quantitative estimate of drug-likeness (QED) is 0.405. The van der Waals surface area contributed by atoms with Gasteiger partial charge in [-0.25, -0.2) is 5.84 Å². The van der Waals surface area contributed by atoms with Crippen LogP contribution in [0.5, 0.6) is 0 Å². The summed E-state index contributed by atoms with van der Waals surface area (Å²) >= 11 is 0. The monoisotopic (exact) mass is 198 g/mol. The molecule has 0 aliphatic heterocycles. The van der Waals surface area contributed by atoms with Crippen molar-refractivity contribution in [1.82, 2.24) is 5.01 Å². The fraction of sp³-hybridized carbons (Fsp3) is 0.250. The molecule has 0 radical (unpaired) electrons. The maximum atomic E-state index is 11.3. The van der Waals surface area contributed by atoms with E-state index >= 15 is 0 Å². The zero-order valence-electron chi connectivity index (χ0n) is 7.34. The van der Waals surface area contributed by atoms with Crippen LogP contribution < -0.4 is 5.84 Å². The van der Waals surface area contributed by atoms with E-state index in [0.29, 0.717) is 0 Å². The van der Waals surface area contributed by atoms with Gasteiger partial charge in [-0.2, -0.15) is 0 Å². The second kappa shape index (κ2) is 4.43. The number of furan rings is 1. The van der Waals surface area contributed by atoms with Crippen LogP contribution in [0.1, 0.15) is 17.0 Å². The van der Waals surface area contributed by atoms with E-state index < -0.39 is 11.9 Å². The molecule has 0 unspecified atom stereocenters. The van der Waals surface area contributed by atoms with E-state index in [9.17, 15) is 9.59 Å². The van der Waals surface area contributed by atoms with Crippen molar-refractivity contribution in [2.45, 2.75) is 6.42 Å². The minimum atomic E-state index is -1.01. The molecule has 0 spiro atoms. The molecule has 0 aliphatic carbocycles. The summed E-state index contributed by atoms with van der Waals surface area (Å²) in [5.74, 6) is 3.87. The summed E-state index contributed by atoms with van der Waals surface area (Å²) in [5.41, 5.74) is 0. The van der Waals surface area contributed by atoms with Gasteiger partial charge in [0.1, 0.15) is 0 Å². The number of nitrogens with zero attached hydrogens (tertiary/aromatic N) is 1. The number of carboxylic acid groups (broad SMARTS) is 1. The molecule has 0 saturated carbocycles. The van der Waals surface area contributed by atoms with Crippen LogP contribution in [-0.2, 0) is 4.79 Å². The Morgan fingerprint density at radius 3 is 2.79 bits per heavy atom. The highest BCUT2D eigenvalue weighted by Gasteiger charge is 2.15. The van der Waals surface area contributed by atoms with E-state index in [1.807, 2.05) is 0 Å². The Morgan fingerprint density at radius 2 is 2.29 bits per heavy atom. The highest BCUT2D eigenvalue weighted by Crippen LogP contribution is 2.02. The van der Waals surface area contributed by atoms with Gasteiger partial charge in [-0.05, 0) is 12.1 Å². The molecule has 0 fully saturated rings. The van der Waals surface area contributed by atoms with E-state index in [1.165, 1.54) is 12.3 Å². The topological polar surface area (TPSA) is 96.8 Å². The zero-order valence-corrected chi connectivity index (χ0v) is 7.34. The van der Waals surface area contributed by atoms with Crippen LogP contribution in [0, 0.1) is 0 Å². The third-order valence-corrected chi connectivity index (χ3v) is 1.56. The van der Waals surface area contributed by atoms with E-state index in [4.69, 9.17) is 15.4 Å². The predicted molar refractivity (Wildman–Crippen MR) is 46.2 cm³/mol. The Kier molecular flexibility index (Phi) is 3.24. The van der Waals surface area contributed by atoms with Gasteiger partial charge in [0.25, 0.3) is 0 Å². The Labute approximate surface area is 79.9 Å². The fourth-order valence-corrected chi connectivity index (χ4v) is 0.859. The first kappa shape index (κ1) is 10.3. The Morgan fingerprint density at radius 1 is 1.57 bits per heavy atom. The molecule has 1 aromatic heterocycles. The number of nitrogens with two attached hydrogens (primary N) is 1. The van der Waals surface area contributed by atoms with Crippen molar-refractivity contribution in [3.63, 3.8) is 0 Å². The van der Waals surface area contributed by atoms with Crippen molar-refractivity contribution in [3.05, 3.63) is 24.2 Å². The highest BCUT2D eigenvalue weighted by atomic mass is 16.4. The van der Waals surface area contributed by atoms with E-state index in [2.05, 4.69) is 0 Å². The number of rotatable bonds is 4. The van der Waals surface area contributed by atoms with E-state index in [1.54, 1.807) is 6.07 Å². The largest absolute Gasteiger partial charge is 0.481 e. The molecule has 0 atom stereocenters. The lowest BCUT2D eigenvalue weighted by Gasteiger charge is -2.13. The summed E-state index contributed by atoms with van der Waals surface area (Å²) in [6, 6.07) is 3.02. The maximum Gasteiger partial charge on any atom is 0.305 e. The second-order valence-electron chi connectivity index (χ2n) is 2.62. The van der Waals surface area contributed by atoms with Crippen LogP contribution in [0.15, 0.2) is 22.8 Å². The second-order valence-corrected chi connectivity index (χ2v) is 2.62. The predicted octanol–water partition coefficient (Wildman–Crippen LogP) is 0.0702. The normalized spacial score (nSPS) is 9.79. The van der Waals surface area contributed by atoms with Crippen molar-refractivity contribution < 1.29 is 19.1 Å². The van der Waals surface area contributed by atoms with Crippen molar-refractivity contribution in [3.8, 4) is 0 Å². The molecule has 6 heteroatoms. The lowest BCUT2D eigenvalue weighted by Crippen LogP contribution is -2.38. The van der Waals surface area contributed by atoms with Crippen molar-refractivity contribution >= 4 is 11.9 Å². The van der Waals surface area contributed by atoms with Crippen LogP contribution >= 0.6 is 0 Å². The van der Waals surface area contributed by atoms with Gasteiger partial charge in [0.05, 0.1) is 12.7 Å². The molecule has 1 rings (SSSR count). The van der Waals surface area contributed by atoms with Gasteiger partial charge in [-0.3, -0.25) is 14.6 Å². The average molecular weight is 198 g/mol. The number of aliphatic carboxylic acids is 1. The molecule has 6 nitrogen and oxygen atoms in total. The minimum absolute atomic E-state index is 0.0468. The van der Waals surface area contributed by atoms with E-state index in [0.717, 1.165) is 5.01 Å². The van der Waals surface area contributed by atoms with Crippen LogP contribution in [-0.4, -0.2) is 28.5 Å². The van der Waals surface area contributed by atoms with Crippen molar-refractivity contribution in [2.24, 2.45) is 5.84 Å². The molecule has 1 amide bonds. The Balaban J connectivity index is 2.49. The smallest absolute Gasteiger partial charge is 0.305 e. The zero-order chi connectivity index (χ0) is 10.6. The van der Waals surface area contributed by atoms with Crippen molar-refractivity contribution in [2.75, 3.05) is 6.54 Å². The van der Waals surface area contributed by atoms with Gasteiger partial charge in [0, 0.05) is 6.54 Å². The Bertz CT molecular complexity index is 320. The molecule has 1 heterocycles. The maximum absolute atomic E-state index is 11.3. The highest BCUT2D eigenvalue weighted by molar-refractivity contribution is 5.91. The standard InChI is InChI=1S/C8H10N2O4/c9-10(4-3-7(11)12)8(13)6-2-1-5-14-6/h1-2,5H,3-4,9H2,(H,11,12). The molecule has 76 valence electrons. The molecule has 1 aromatic rings. The SMILES string of the molecule is NN(CCC(=O)O)C(=O)c1ccco1. The summed E-state index contributed by atoms with van der Waals surface area (Å²) in [6.45, 7) is -0.0468. The number of carbonyl (C=O) groups excluding carboxylic acids is 1. The van der Waals surface area contributed by atoms with Crippen LogP contribution in [0.25, 0.3) is 0 Å². The summed E-state index contributed by atoms with van der Waals surface area (Å²) in [5, 5.41) is 9.17. The molecule has 0 aromatic carbocycles. The van der Waals surface area contributed by atoms with Gasteiger partial charge in [-0.1, -0.05) is 0 Å². The third kappa shape index (κ3) is 2.60. The van der Waals surface area contributed by atoms with Gasteiger partial charge in [-0.15, -0.1) is 0 Å². The summed E-state index contributed by atoms with van der Waals surface area (Å²) in [4.78, 5) is 21.5. The lowest BCUT2D eigenvalue weighted by molar-refractivity contribution is -0.137. The number of hydrazine groups is 1. The number of carbonyl (C=O) groups is 2. The number of hydrogen-bond acceptors (Lipinski definition) is 4. The van der Waals surface area contributed by atoms with Gasteiger partial charge >= 0.3 is 11.9 Å². The van der Waals surface area contributed by atoms with Gasteiger partial charge in [0.2, 0.25) is 0 Å². The molecule has 3 N–H and O–H groups in total. The first-order valence-electron chi connectivity index (χ1n) is 3.93. The molecular weight excluding hydrogens is 188 g/mol. The molecule has 0 saturated heterocycles. The fourth-order valence-electron chi connectivity index (χ4n) is 0.859. The van der Waals surface area contributed by atoms with E-state index in [-0.39, 0.29) is 18.7 Å². The van der Waals surface area contributed by atoms with Crippen molar-refractivity contribution in [1.29, 1.82) is 0 Å². The summed E-state index contributed by atoms with van der Waals surface area (Å²) in [6.07, 6.45) is 1.15. The minimum Gasteiger partial charge on any atom is -0.481 e. The molecule has 0 bridgehead atoms. The number of carboxylic acids is 1. The first-order chi connectivity index (χ1) is 6.61. The first-order valence-corrected chi connectivity index (χ1v) is 3.93. The van der Waals surface area contributed by atoms with Gasteiger partial charge in [0.15, 0.2) is 5.76 Å². The molecular formula is C8H10N2O4. The summed E-state index contributed by atoms with van der Waals surface area (Å²) < 4.78 is 4.80. The Hall–Kier alpha value is -1.82. The average Bonchev–Trinajstić information content (AvgIpc) is 2.65. The molecule has 14 heavy (non-hydrogen) atoms. The van der Waals surface area contributed by atoms with Crippen LogP contribution in [0.2, 0.25) is 0 Å². The molecule has 0 aliphatic rings. The third-order valence-electron chi connectivity index (χ3n) is 1.56. The number of amides is 1. The van der Waals surface area contributed by atoms with Gasteiger partial charge < -0.3 is 9.52 Å².